The summed E-state index contributed by atoms with van der Waals surface area (Å²) >= 11 is 0. The van der Waals surface area contributed by atoms with Crippen LogP contribution in [0, 0.1) is 11.3 Å². The van der Waals surface area contributed by atoms with Crippen LogP contribution in [0.15, 0.2) is 24.3 Å². The molecule has 0 saturated carbocycles. The van der Waals surface area contributed by atoms with E-state index in [0.29, 0.717) is 12.5 Å². The van der Waals surface area contributed by atoms with Crippen LogP contribution < -0.4 is 5.32 Å². The van der Waals surface area contributed by atoms with Crippen molar-refractivity contribution in [2.45, 2.75) is 58.6 Å². The zero-order valence-electron chi connectivity index (χ0n) is 15.5. The normalized spacial score (nSPS) is 29.0. The molecule has 0 aromatic heterocycles. The van der Waals surface area contributed by atoms with E-state index < -0.39 is 5.60 Å². The smallest absolute Gasteiger partial charge is 0.410 e. The van der Waals surface area contributed by atoms with Gasteiger partial charge in [0.25, 0.3) is 0 Å². The highest BCUT2D eigenvalue weighted by Gasteiger charge is 2.42. The third kappa shape index (κ3) is 4.62. The predicted molar refractivity (Wildman–Crippen MR) is 94.5 cm³/mol. The maximum Gasteiger partial charge on any atom is 0.410 e. The van der Waals surface area contributed by atoms with Gasteiger partial charge < -0.3 is 15.0 Å². The van der Waals surface area contributed by atoms with Gasteiger partial charge in [0.1, 0.15) is 5.60 Å². The lowest BCUT2D eigenvalue weighted by molar-refractivity contribution is -0.135. The summed E-state index contributed by atoms with van der Waals surface area (Å²) in [6.07, 6.45) is 10.3. The molecular weight excluding hydrogens is 304 g/mol. The number of carbonyl (C=O) groups is 2. The van der Waals surface area contributed by atoms with Gasteiger partial charge in [-0.05, 0) is 40.0 Å². The maximum atomic E-state index is 12.5. The molecule has 3 atom stereocenters. The van der Waals surface area contributed by atoms with Gasteiger partial charge in [0.2, 0.25) is 5.91 Å². The lowest BCUT2D eigenvalue weighted by Crippen LogP contribution is -2.53. The molecule has 2 rings (SSSR count). The zero-order chi connectivity index (χ0) is 18.0. The first-order valence-corrected chi connectivity index (χ1v) is 8.71. The highest BCUT2D eigenvalue weighted by Crippen LogP contribution is 2.38. The maximum absolute atomic E-state index is 12.5. The van der Waals surface area contributed by atoms with Gasteiger partial charge in [-0.15, -0.1) is 0 Å². The second-order valence-corrected chi connectivity index (χ2v) is 8.20. The van der Waals surface area contributed by atoms with Crippen molar-refractivity contribution in [1.82, 2.24) is 10.2 Å². The van der Waals surface area contributed by atoms with Gasteiger partial charge in [0, 0.05) is 24.9 Å². The van der Waals surface area contributed by atoms with E-state index >= 15 is 0 Å². The van der Waals surface area contributed by atoms with E-state index in [1.807, 2.05) is 33.8 Å². The number of nitrogens with zero attached hydrogens (tertiary/aromatic N) is 1. The molecule has 5 nitrogen and oxygen atoms in total. The molecule has 134 valence electrons. The minimum Gasteiger partial charge on any atom is -0.444 e. The third-order valence-electron chi connectivity index (χ3n) is 4.71. The van der Waals surface area contributed by atoms with E-state index in [1.165, 1.54) is 0 Å². The molecule has 1 N–H and O–H groups in total. The summed E-state index contributed by atoms with van der Waals surface area (Å²) in [7, 11) is 1.74. The molecule has 24 heavy (non-hydrogen) atoms. The molecule has 0 bridgehead atoms. The largest absolute Gasteiger partial charge is 0.444 e. The second kappa shape index (κ2) is 6.99. The van der Waals surface area contributed by atoms with Crippen LogP contribution in [0.3, 0.4) is 0 Å². The van der Waals surface area contributed by atoms with Crippen molar-refractivity contribution >= 4 is 12.0 Å². The quantitative estimate of drug-likeness (QED) is 0.858. The molecular formula is C19H30N2O3. The summed E-state index contributed by atoms with van der Waals surface area (Å²) in [5.74, 6) is 0.477. The summed E-state index contributed by atoms with van der Waals surface area (Å²) in [5.41, 5.74) is -0.873. The van der Waals surface area contributed by atoms with Crippen LogP contribution in [0.5, 0.6) is 0 Å². The molecule has 0 spiro atoms. The van der Waals surface area contributed by atoms with Gasteiger partial charge in [0.05, 0.1) is 6.04 Å². The summed E-state index contributed by atoms with van der Waals surface area (Å²) in [6, 6.07) is 0.125. The van der Waals surface area contributed by atoms with Crippen LogP contribution in [0.4, 0.5) is 4.79 Å². The Balaban J connectivity index is 1.84. The standard InChI is InChI=1S/C19H30N2O3/c1-18(2,3)24-17(23)21(5)12-8-11-19(4)13-14-9-6-7-10-15(14)20-16(19)22/h6-7,9-10,14-15H,8,11-13H2,1-5H3,(H,20,22). The number of ether oxygens (including phenoxy) is 1. The highest BCUT2D eigenvalue weighted by atomic mass is 16.6. The molecule has 0 radical (unpaired) electrons. The lowest BCUT2D eigenvalue weighted by atomic mass is 9.70. The molecule has 1 aliphatic carbocycles. The van der Waals surface area contributed by atoms with Crippen LogP contribution in [-0.2, 0) is 9.53 Å². The van der Waals surface area contributed by atoms with E-state index in [4.69, 9.17) is 4.74 Å². The minimum absolute atomic E-state index is 0.114. The fourth-order valence-corrected chi connectivity index (χ4v) is 3.29. The Bertz CT molecular complexity index is 547. The Kier molecular flexibility index (Phi) is 5.41. The van der Waals surface area contributed by atoms with Crippen LogP contribution in [0.1, 0.15) is 47.0 Å². The number of nitrogens with one attached hydrogen (secondary N) is 1. The Morgan fingerprint density at radius 2 is 2.04 bits per heavy atom. The monoisotopic (exact) mass is 334 g/mol. The molecule has 1 aliphatic heterocycles. The average molecular weight is 334 g/mol. The Morgan fingerprint density at radius 1 is 1.38 bits per heavy atom. The van der Waals surface area contributed by atoms with Gasteiger partial charge >= 0.3 is 6.09 Å². The number of fused-ring (bicyclic) bond motifs is 1. The first-order chi connectivity index (χ1) is 11.1. The number of piperidine rings is 1. The summed E-state index contributed by atoms with van der Waals surface area (Å²) in [4.78, 5) is 26.1. The first-order valence-electron chi connectivity index (χ1n) is 8.71. The van der Waals surface area contributed by atoms with E-state index in [2.05, 4.69) is 23.5 Å². The molecule has 1 heterocycles. The van der Waals surface area contributed by atoms with Crippen LogP contribution in [-0.4, -0.2) is 42.1 Å². The second-order valence-electron chi connectivity index (χ2n) is 8.20. The van der Waals surface area contributed by atoms with Crippen LogP contribution in [0.25, 0.3) is 0 Å². The molecule has 2 amide bonds. The fraction of sp³-hybridized carbons (Fsp3) is 0.684. The first kappa shape index (κ1) is 18.6. The molecule has 0 aromatic carbocycles. The number of carbonyl (C=O) groups excluding carboxylic acids is 2. The third-order valence-corrected chi connectivity index (χ3v) is 4.71. The Labute approximate surface area is 145 Å². The van der Waals surface area contributed by atoms with Crippen molar-refractivity contribution in [2.75, 3.05) is 13.6 Å². The minimum atomic E-state index is -0.490. The van der Waals surface area contributed by atoms with E-state index in [-0.39, 0.29) is 23.5 Å². The topological polar surface area (TPSA) is 58.6 Å². The van der Waals surface area contributed by atoms with Crippen molar-refractivity contribution in [2.24, 2.45) is 11.3 Å². The van der Waals surface area contributed by atoms with Gasteiger partial charge in [0.15, 0.2) is 0 Å². The van der Waals surface area contributed by atoms with Crippen molar-refractivity contribution in [3.63, 3.8) is 0 Å². The number of rotatable bonds is 4. The van der Waals surface area contributed by atoms with E-state index in [9.17, 15) is 9.59 Å². The Hall–Kier alpha value is -1.78. The van der Waals surface area contributed by atoms with Crippen molar-refractivity contribution in [1.29, 1.82) is 0 Å². The summed E-state index contributed by atoms with van der Waals surface area (Å²) in [5, 5.41) is 3.12. The van der Waals surface area contributed by atoms with Crippen molar-refractivity contribution in [3.8, 4) is 0 Å². The zero-order valence-corrected chi connectivity index (χ0v) is 15.5. The van der Waals surface area contributed by atoms with Gasteiger partial charge in [-0.25, -0.2) is 4.79 Å². The van der Waals surface area contributed by atoms with E-state index in [1.54, 1.807) is 11.9 Å². The number of hydrogen-bond acceptors (Lipinski definition) is 3. The van der Waals surface area contributed by atoms with Gasteiger partial charge in [-0.3, -0.25) is 4.79 Å². The van der Waals surface area contributed by atoms with Crippen LogP contribution >= 0.6 is 0 Å². The number of hydrogen-bond donors (Lipinski definition) is 1. The van der Waals surface area contributed by atoms with Crippen LogP contribution in [0.2, 0.25) is 0 Å². The average Bonchev–Trinajstić information content (AvgIpc) is 2.46. The Morgan fingerprint density at radius 3 is 2.71 bits per heavy atom. The SMILES string of the molecule is CN(CCCC1(C)CC2C=CC=CC2NC1=O)C(=O)OC(C)(C)C. The summed E-state index contributed by atoms with van der Waals surface area (Å²) < 4.78 is 5.35. The highest BCUT2D eigenvalue weighted by molar-refractivity contribution is 5.84. The van der Waals surface area contributed by atoms with E-state index in [0.717, 1.165) is 19.3 Å². The molecule has 5 heteroatoms. The van der Waals surface area contributed by atoms with Crippen molar-refractivity contribution < 1.29 is 14.3 Å². The molecule has 3 unspecified atom stereocenters. The predicted octanol–water partition coefficient (Wildman–Crippen LogP) is 3.27. The van der Waals surface area contributed by atoms with Gasteiger partial charge in [-0.2, -0.15) is 0 Å². The summed E-state index contributed by atoms with van der Waals surface area (Å²) in [6.45, 7) is 8.18. The molecule has 1 saturated heterocycles. The van der Waals surface area contributed by atoms with Crippen molar-refractivity contribution in [3.05, 3.63) is 24.3 Å². The van der Waals surface area contributed by atoms with Gasteiger partial charge in [-0.1, -0.05) is 31.2 Å². The molecule has 0 aromatic rings. The molecule has 2 aliphatic rings. The molecule has 1 fully saturated rings. The lowest BCUT2D eigenvalue weighted by Gasteiger charge is -2.41. The number of allylic oxidation sites excluding steroid dienone is 2. The fourth-order valence-electron chi connectivity index (χ4n) is 3.29. The number of amides is 2.